The number of rotatable bonds is 6. The quantitative estimate of drug-likeness (QED) is 0.823. The summed E-state index contributed by atoms with van der Waals surface area (Å²) in [6.45, 7) is 5.24. The van der Waals surface area contributed by atoms with Crippen LogP contribution in [0.3, 0.4) is 0 Å². The first kappa shape index (κ1) is 14.9. The van der Waals surface area contributed by atoms with Gasteiger partial charge in [-0.1, -0.05) is 0 Å². The summed E-state index contributed by atoms with van der Waals surface area (Å²) in [5, 5.41) is 0. The first-order valence-electron chi connectivity index (χ1n) is 6.85. The second-order valence-corrected chi connectivity index (χ2v) is 4.45. The van der Waals surface area contributed by atoms with Crippen LogP contribution in [0.25, 0.3) is 0 Å². The van der Waals surface area contributed by atoms with Crippen molar-refractivity contribution in [2.75, 3.05) is 23.8 Å². The molecule has 0 atom stereocenters. The second-order valence-electron chi connectivity index (χ2n) is 4.45. The van der Waals surface area contributed by atoms with Gasteiger partial charge in [0.05, 0.1) is 31.3 Å². The molecule has 2 heterocycles. The standard InChI is InChI=1S/C15H19N3O3/c1-3-18(10-12-6-5-7-21-12)14-13(15(19)20-4-2)8-11(16)9-17-14/h5-9H,3-4,10,16H2,1-2H3. The minimum Gasteiger partial charge on any atom is -0.467 e. The van der Waals surface area contributed by atoms with Gasteiger partial charge in [-0.25, -0.2) is 9.78 Å². The van der Waals surface area contributed by atoms with Crippen molar-refractivity contribution < 1.29 is 13.9 Å². The van der Waals surface area contributed by atoms with Crippen LogP contribution in [-0.2, 0) is 11.3 Å². The van der Waals surface area contributed by atoms with Gasteiger partial charge in [0.25, 0.3) is 0 Å². The van der Waals surface area contributed by atoms with Crippen LogP contribution in [0, 0.1) is 0 Å². The molecule has 6 nitrogen and oxygen atoms in total. The zero-order valence-electron chi connectivity index (χ0n) is 12.2. The largest absolute Gasteiger partial charge is 0.467 e. The maximum atomic E-state index is 12.1. The number of nitrogens with zero attached hydrogens (tertiary/aromatic N) is 2. The molecular formula is C15H19N3O3. The Kier molecular flexibility index (Phi) is 4.81. The van der Waals surface area contributed by atoms with Gasteiger partial charge >= 0.3 is 5.97 Å². The van der Waals surface area contributed by atoms with E-state index in [4.69, 9.17) is 14.9 Å². The molecule has 0 saturated heterocycles. The van der Waals surface area contributed by atoms with Crippen molar-refractivity contribution in [2.24, 2.45) is 0 Å². The third kappa shape index (κ3) is 3.53. The van der Waals surface area contributed by atoms with Crippen molar-refractivity contribution in [3.05, 3.63) is 42.0 Å². The number of esters is 1. The molecule has 21 heavy (non-hydrogen) atoms. The van der Waals surface area contributed by atoms with E-state index in [2.05, 4.69) is 4.98 Å². The average Bonchev–Trinajstić information content (AvgIpc) is 2.98. The van der Waals surface area contributed by atoms with Crippen LogP contribution in [0.1, 0.15) is 30.0 Å². The average molecular weight is 289 g/mol. The van der Waals surface area contributed by atoms with Crippen molar-refractivity contribution in [3.63, 3.8) is 0 Å². The third-order valence-corrected chi connectivity index (χ3v) is 2.99. The fourth-order valence-corrected chi connectivity index (χ4v) is 2.01. The van der Waals surface area contributed by atoms with E-state index >= 15 is 0 Å². The summed E-state index contributed by atoms with van der Waals surface area (Å²) < 4.78 is 10.4. The van der Waals surface area contributed by atoms with Crippen LogP contribution in [0.5, 0.6) is 0 Å². The minimum atomic E-state index is -0.426. The van der Waals surface area contributed by atoms with E-state index in [0.29, 0.717) is 36.8 Å². The van der Waals surface area contributed by atoms with E-state index in [1.165, 1.54) is 6.20 Å². The summed E-state index contributed by atoms with van der Waals surface area (Å²) in [4.78, 5) is 18.3. The lowest BCUT2D eigenvalue weighted by molar-refractivity contribution is 0.0526. The highest BCUT2D eigenvalue weighted by Crippen LogP contribution is 2.23. The molecule has 0 aliphatic heterocycles. The van der Waals surface area contributed by atoms with Crippen LogP contribution in [0.2, 0.25) is 0 Å². The maximum absolute atomic E-state index is 12.1. The third-order valence-electron chi connectivity index (χ3n) is 2.99. The number of furan rings is 1. The van der Waals surface area contributed by atoms with E-state index in [1.54, 1.807) is 19.3 Å². The highest BCUT2D eigenvalue weighted by atomic mass is 16.5. The topological polar surface area (TPSA) is 81.6 Å². The monoisotopic (exact) mass is 289 g/mol. The number of anilines is 2. The Morgan fingerprint density at radius 2 is 2.29 bits per heavy atom. The molecule has 2 rings (SSSR count). The van der Waals surface area contributed by atoms with E-state index in [1.807, 2.05) is 24.0 Å². The number of pyridine rings is 1. The molecule has 0 aromatic carbocycles. The maximum Gasteiger partial charge on any atom is 0.341 e. The summed E-state index contributed by atoms with van der Waals surface area (Å²) in [5.74, 6) is 0.914. The Balaban J connectivity index is 2.33. The minimum absolute atomic E-state index is 0.303. The first-order chi connectivity index (χ1) is 10.2. The fourth-order valence-electron chi connectivity index (χ4n) is 2.01. The summed E-state index contributed by atoms with van der Waals surface area (Å²) in [6.07, 6.45) is 3.15. The number of carbonyl (C=O) groups excluding carboxylic acids is 1. The van der Waals surface area contributed by atoms with E-state index in [0.717, 1.165) is 5.76 Å². The lowest BCUT2D eigenvalue weighted by atomic mass is 10.2. The molecule has 0 radical (unpaired) electrons. The van der Waals surface area contributed by atoms with Gasteiger partial charge in [-0.3, -0.25) is 0 Å². The van der Waals surface area contributed by atoms with Crippen LogP contribution >= 0.6 is 0 Å². The molecule has 6 heteroatoms. The van der Waals surface area contributed by atoms with Crippen LogP contribution in [0.4, 0.5) is 11.5 Å². The Morgan fingerprint density at radius 1 is 1.48 bits per heavy atom. The predicted molar refractivity (Wildman–Crippen MR) is 80.0 cm³/mol. The molecule has 0 spiro atoms. The molecule has 0 aliphatic carbocycles. The highest BCUT2D eigenvalue weighted by molar-refractivity contribution is 5.95. The van der Waals surface area contributed by atoms with Crippen molar-refractivity contribution in [3.8, 4) is 0 Å². The number of carbonyl (C=O) groups is 1. The number of ether oxygens (including phenoxy) is 1. The van der Waals surface area contributed by atoms with Crippen LogP contribution in [-0.4, -0.2) is 24.1 Å². The molecule has 0 amide bonds. The Bertz CT molecular complexity index is 596. The molecule has 112 valence electrons. The molecule has 2 aromatic rings. The molecule has 0 unspecified atom stereocenters. The summed E-state index contributed by atoms with van der Waals surface area (Å²) in [5.41, 5.74) is 6.52. The molecule has 0 bridgehead atoms. The van der Waals surface area contributed by atoms with E-state index in [9.17, 15) is 4.79 Å². The Hall–Kier alpha value is -2.50. The van der Waals surface area contributed by atoms with Gasteiger partial charge in [0, 0.05) is 6.54 Å². The van der Waals surface area contributed by atoms with Gasteiger partial charge in [-0.2, -0.15) is 0 Å². The number of hydrogen-bond acceptors (Lipinski definition) is 6. The van der Waals surface area contributed by atoms with Gasteiger partial charge in [-0.05, 0) is 32.0 Å². The lowest BCUT2D eigenvalue weighted by Gasteiger charge is -2.23. The zero-order chi connectivity index (χ0) is 15.2. The normalized spacial score (nSPS) is 10.4. The summed E-state index contributed by atoms with van der Waals surface area (Å²) in [6, 6.07) is 5.29. The summed E-state index contributed by atoms with van der Waals surface area (Å²) >= 11 is 0. The smallest absolute Gasteiger partial charge is 0.341 e. The van der Waals surface area contributed by atoms with Crippen LogP contribution < -0.4 is 10.6 Å². The fraction of sp³-hybridized carbons (Fsp3) is 0.333. The van der Waals surface area contributed by atoms with E-state index in [-0.39, 0.29) is 0 Å². The van der Waals surface area contributed by atoms with Gasteiger partial charge in [0.2, 0.25) is 0 Å². The number of nitrogen functional groups attached to an aromatic ring is 1. The molecule has 2 N–H and O–H groups in total. The summed E-state index contributed by atoms with van der Waals surface area (Å²) in [7, 11) is 0. The molecule has 0 aliphatic rings. The second kappa shape index (κ2) is 6.78. The van der Waals surface area contributed by atoms with Crippen molar-refractivity contribution in [2.45, 2.75) is 20.4 Å². The molecule has 0 saturated carbocycles. The number of hydrogen-bond donors (Lipinski definition) is 1. The molecule has 2 aromatic heterocycles. The van der Waals surface area contributed by atoms with Gasteiger partial charge < -0.3 is 19.8 Å². The Morgan fingerprint density at radius 3 is 2.90 bits per heavy atom. The molecule has 0 fully saturated rings. The van der Waals surface area contributed by atoms with Crippen molar-refractivity contribution in [1.82, 2.24) is 4.98 Å². The van der Waals surface area contributed by atoms with Gasteiger partial charge in [0.1, 0.15) is 17.1 Å². The van der Waals surface area contributed by atoms with Gasteiger partial charge in [-0.15, -0.1) is 0 Å². The van der Waals surface area contributed by atoms with Gasteiger partial charge in [0.15, 0.2) is 0 Å². The lowest BCUT2D eigenvalue weighted by Crippen LogP contribution is -2.25. The predicted octanol–water partition coefficient (Wildman–Crippen LogP) is 2.46. The van der Waals surface area contributed by atoms with Crippen molar-refractivity contribution >= 4 is 17.5 Å². The van der Waals surface area contributed by atoms with Crippen molar-refractivity contribution in [1.29, 1.82) is 0 Å². The number of aromatic nitrogens is 1. The highest BCUT2D eigenvalue weighted by Gasteiger charge is 2.19. The molecular weight excluding hydrogens is 270 g/mol. The van der Waals surface area contributed by atoms with Crippen LogP contribution in [0.15, 0.2) is 35.1 Å². The number of nitrogens with two attached hydrogens (primary N) is 1. The Labute approximate surface area is 123 Å². The first-order valence-corrected chi connectivity index (χ1v) is 6.85. The zero-order valence-corrected chi connectivity index (χ0v) is 12.2. The SMILES string of the molecule is CCOC(=O)c1cc(N)cnc1N(CC)Cc1ccco1. The van der Waals surface area contributed by atoms with E-state index < -0.39 is 5.97 Å².